The van der Waals surface area contributed by atoms with Crippen LogP contribution in [0.5, 0.6) is 0 Å². The molecule has 0 heterocycles. The Labute approximate surface area is 613 Å². The van der Waals surface area contributed by atoms with Crippen molar-refractivity contribution in [2.75, 3.05) is 47.5 Å². The van der Waals surface area contributed by atoms with Gasteiger partial charge in [0.2, 0.25) is 0 Å². The number of allylic oxidation sites excluding steroid dienone is 18. The van der Waals surface area contributed by atoms with Crippen molar-refractivity contribution in [2.45, 2.75) is 399 Å². The predicted molar refractivity (Wildman–Crippen MR) is 428 cm³/mol. The minimum absolute atomic E-state index is 0.183. The highest BCUT2D eigenvalue weighted by molar-refractivity contribution is 5.71. The number of carbonyl (C=O) groups excluding carboxylic acids is 2. The number of carboxylic acid groups (broad SMARTS) is 1. The van der Waals surface area contributed by atoms with Crippen LogP contribution >= 0.6 is 0 Å². The molecule has 0 fully saturated rings. The first-order valence-electron chi connectivity index (χ1n) is 42.1. The number of hydrogen-bond acceptors (Lipinski definition) is 7. The number of aliphatic carboxylic acids is 1. The Morgan fingerprint density at radius 1 is 0.313 bits per heavy atom. The number of nitrogens with zero attached hydrogens (tertiary/aromatic N) is 1. The Kier molecular flexibility index (Phi) is 76.4. The van der Waals surface area contributed by atoms with Gasteiger partial charge in [-0.1, -0.05) is 399 Å². The number of carboxylic acids is 1. The first-order chi connectivity index (χ1) is 48.6. The molecule has 0 aliphatic heterocycles. The summed E-state index contributed by atoms with van der Waals surface area (Å²) in [6.45, 7) is 4.81. The fourth-order valence-electron chi connectivity index (χ4n) is 12.2. The summed E-state index contributed by atoms with van der Waals surface area (Å²) < 4.78 is 23.1. The normalized spacial score (nSPS) is 13.2. The third-order valence-electron chi connectivity index (χ3n) is 18.5. The lowest BCUT2D eigenvalue weighted by Gasteiger charge is -2.25. The first kappa shape index (κ1) is 94.9. The Balaban J connectivity index is 4.02. The van der Waals surface area contributed by atoms with Crippen molar-refractivity contribution in [3.05, 3.63) is 109 Å². The van der Waals surface area contributed by atoms with E-state index in [0.29, 0.717) is 23.9 Å². The molecule has 0 rings (SSSR count). The molecule has 0 spiro atoms. The molecule has 99 heavy (non-hydrogen) atoms. The maximum Gasteiger partial charge on any atom is 0.361 e. The van der Waals surface area contributed by atoms with Gasteiger partial charge in [-0.25, -0.2) is 4.79 Å². The molecule has 0 bridgehead atoms. The molecule has 2 unspecified atom stereocenters. The highest BCUT2D eigenvalue weighted by atomic mass is 16.7. The summed E-state index contributed by atoms with van der Waals surface area (Å²) in [6, 6.07) is 0. The second kappa shape index (κ2) is 79.6. The van der Waals surface area contributed by atoms with Crippen LogP contribution in [-0.2, 0) is 33.3 Å². The molecule has 0 aromatic rings. The Bertz CT molecular complexity index is 2000. The minimum Gasteiger partial charge on any atom is -0.477 e. The lowest BCUT2D eigenvalue weighted by molar-refractivity contribution is -0.870. The third-order valence-corrected chi connectivity index (χ3v) is 18.5. The van der Waals surface area contributed by atoms with E-state index in [0.717, 1.165) is 103 Å². The van der Waals surface area contributed by atoms with Crippen LogP contribution in [0.4, 0.5) is 0 Å². The van der Waals surface area contributed by atoms with Gasteiger partial charge in [0.25, 0.3) is 6.29 Å². The van der Waals surface area contributed by atoms with Crippen molar-refractivity contribution < 1.29 is 42.9 Å². The Hall–Kier alpha value is -4.05. The van der Waals surface area contributed by atoms with Crippen LogP contribution in [0, 0.1) is 0 Å². The molecule has 2 atom stereocenters. The minimum atomic E-state index is -1.52. The van der Waals surface area contributed by atoms with Crippen LogP contribution in [0.3, 0.4) is 0 Å². The zero-order valence-electron chi connectivity index (χ0n) is 65.6. The fraction of sp³-hybridized carbons (Fsp3) is 0.767. The highest BCUT2D eigenvalue weighted by Gasteiger charge is 2.25. The van der Waals surface area contributed by atoms with Gasteiger partial charge in [0, 0.05) is 12.8 Å². The molecule has 9 nitrogen and oxygen atoms in total. The van der Waals surface area contributed by atoms with Gasteiger partial charge in [-0.2, -0.15) is 0 Å². The molecule has 0 aromatic heterocycles. The van der Waals surface area contributed by atoms with Crippen molar-refractivity contribution in [3.63, 3.8) is 0 Å². The number of unbranched alkanes of at least 4 members (excludes halogenated alkanes) is 45. The van der Waals surface area contributed by atoms with Gasteiger partial charge in [-0.3, -0.25) is 9.59 Å². The predicted octanol–water partition coefficient (Wildman–Crippen LogP) is 27.3. The van der Waals surface area contributed by atoms with Crippen molar-refractivity contribution in [1.82, 2.24) is 0 Å². The lowest BCUT2D eigenvalue weighted by atomic mass is 10.0. The maximum absolute atomic E-state index is 13.0. The van der Waals surface area contributed by atoms with Gasteiger partial charge in [0.15, 0.2) is 6.10 Å². The molecule has 0 saturated carbocycles. The molecule has 0 saturated heterocycles. The monoisotopic (exact) mass is 1380 g/mol. The molecule has 1 N–H and O–H groups in total. The maximum atomic E-state index is 13.0. The van der Waals surface area contributed by atoms with Crippen LogP contribution < -0.4 is 0 Å². The standard InChI is InChI=1S/C90H159NO8/c1-6-8-10-12-14-16-18-20-22-24-26-28-30-32-34-36-38-40-42-43-44-45-47-49-51-53-55-57-59-61-63-65-67-69-71-73-75-77-79-81-88(93)99-86(85-98-90(89(94)95)96-83-82-91(3,4)5)84-97-87(92)80-78-76-74-72-70-68-66-64-62-60-58-56-54-52-50-48-46-41-39-37-35-33-31-29-27-25-23-21-19-17-15-13-11-9-7-2/h8,10,14,16,20,22,26,28,32,34,38,40,43-44,47,49,53,55,86,90H,6-7,9,11-13,15,17-19,21,23-25,27,29-31,33,35-37,39,41-42,45-46,48,50-52,54,56-85H2,1-5H3/p+1/b10-8-,16-14-,22-20-,28-26-,34-32-,40-38-,44-43-,49-47-,55-53-. The first-order valence-corrected chi connectivity index (χ1v) is 42.1. The number of hydrogen-bond donors (Lipinski definition) is 1. The highest BCUT2D eigenvalue weighted by Crippen LogP contribution is 2.20. The van der Waals surface area contributed by atoms with E-state index in [1.54, 1.807) is 0 Å². The van der Waals surface area contributed by atoms with Crippen molar-refractivity contribution in [1.29, 1.82) is 0 Å². The summed E-state index contributed by atoms with van der Waals surface area (Å²) in [4.78, 5) is 37.8. The van der Waals surface area contributed by atoms with Gasteiger partial charge < -0.3 is 28.5 Å². The molecule has 0 radical (unpaired) electrons. The van der Waals surface area contributed by atoms with Crippen LogP contribution in [0.1, 0.15) is 386 Å². The van der Waals surface area contributed by atoms with Crippen molar-refractivity contribution in [3.8, 4) is 0 Å². The Morgan fingerprint density at radius 3 is 0.859 bits per heavy atom. The number of esters is 2. The molecule has 0 aromatic carbocycles. The number of ether oxygens (including phenoxy) is 4. The van der Waals surface area contributed by atoms with E-state index in [2.05, 4.69) is 123 Å². The molecule has 572 valence electrons. The van der Waals surface area contributed by atoms with E-state index in [1.807, 2.05) is 21.1 Å². The van der Waals surface area contributed by atoms with E-state index in [-0.39, 0.29) is 32.2 Å². The van der Waals surface area contributed by atoms with Crippen LogP contribution in [-0.4, -0.2) is 87.4 Å². The van der Waals surface area contributed by atoms with E-state index >= 15 is 0 Å². The topological polar surface area (TPSA) is 108 Å². The van der Waals surface area contributed by atoms with E-state index in [4.69, 9.17) is 18.9 Å². The summed E-state index contributed by atoms with van der Waals surface area (Å²) in [5.41, 5.74) is 0. The van der Waals surface area contributed by atoms with Gasteiger partial charge in [-0.05, 0) is 83.5 Å². The van der Waals surface area contributed by atoms with E-state index < -0.39 is 24.3 Å². The fourth-order valence-corrected chi connectivity index (χ4v) is 12.2. The van der Waals surface area contributed by atoms with Crippen LogP contribution in [0.25, 0.3) is 0 Å². The van der Waals surface area contributed by atoms with Gasteiger partial charge in [0.1, 0.15) is 13.2 Å². The van der Waals surface area contributed by atoms with Crippen LogP contribution in [0.2, 0.25) is 0 Å². The van der Waals surface area contributed by atoms with E-state index in [1.165, 1.54) is 250 Å². The third kappa shape index (κ3) is 81.1. The lowest BCUT2D eigenvalue weighted by Crippen LogP contribution is -2.40. The zero-order valence-corrected chi connectivity index (χ0v) is 65.6. The molecular weight excluding hydrogens is 1220 g/mol. The SMILES string of the molecule is CC/C=C\C/C=C\C/C=C\C/C=C\C/C=C\C/C=C\C/C=C\C/C=C\C/C=C\CCCCCCCCCCCCCC(=O)OC(COC(=O)CCCCCCCCCCCCCCCCCCCCCCCCCCCCCCCCCCCCC)COC(OCC[N+](C)(C)C)C(=O)O. The summed E-state index contributed by atoms with van der Waals surface area (Å²) in [7, 11) is 5.99. The molecule has 0 amide bonds. The Morgan fingerprint density at radius 2 is 0.576 bits per heavy atom. The second-order valence-electron chi connectivity index (χ2n) is 29.4. The van der Waals surface area contributed by atoms with Crippen molar-refractivity contribution in [2.24, 2.45) is 0 Å². The molecule has 0 aliphatic rings. The second-order valence-corrected chi connectivity index (χ2v) is 29.4. The van der Waals surface area contributed by atoms with E-state index in [9.17, 15) is 19.5 Å². The molecule has 0 aliphatic carbocycles. The number of quaternary nitrogens is 1. The van der Waals surface area contributed by atoms with Gasteiger partial charge in [-0.15, -0.1) is 0 Å². The van der Waals surface area contributed by atoms with Gasteiger partial charge in [0.05, 0.1) is 34.4 Å². The number of carbonyl (C=O) groups is 3. The largest absolute Gasteiger partial charge is 0.477 e. The van der Waals surface area contributed by atoms with Gasteiger partial charge >= 0.3 is 17.9 Å². The molecular formula is C90H160NO8+. The summed E-state index contributed by atoms with van der Waals surface area (Å²) >= 11 is 0. The van der Waals surface area contributed by atoms with Crippen LogP contribution in [0.15, 0.2) is 109 Å². The average Bonchev–Trinajstić information content (AvgIpc) is 1.14. The summed E-state index contributed by atoms with van der Waals surface area (Å²) in [6.07, 6.45) is 110. The van der Waals surface area contributed by atoms with Crippen molar-refractivity contribution >= 4 is 17.9 Å². The zero-order chi connectivity index (χ0) is 71.8. The smallest absolute Gasteiger partial charge is 0.361 e. The molecule has 9 heteroatoms. The number of likely N-dealkylation sites (N-methyl/N-ethyl adjacent to an activating group) is 1. The number of rotatable bonds is 78. The quantitative estimate of drug-likeness (QED) is 0.0211. The summed E-state index contributed by atoms with van der Waals surface area (Å²) in [5.74, 6) is -1.99. The summed E-state index contributed by atoms with van der Waals surface area (Å²) in [5, 5.41) is 9.78. The average molecular weight is 1380 g/mol.